The van der Waals surface area contributed by atoms with Gasteiger partial charge in [0, 0.05) is 24.5 Å². The Kier molecular flexibility index (Phi) is 9.35. The van der Waals surface area contributed by atoms with E-state index in [-0.39, 0.29) is 11.8 Å². The fourth-order valence-electron chi connectivity index (χ4n) is 1.65. The Morgan fingerprint density at radius 1 is 1.25 bits per heavy atom. The molecular formula is C17H27NO2. The Bertz CT molecular complexity index is 403. The number of carbonyl (C=O) groups is 2. The van der Waals surface area contributed by atoms with Crippen LogP contribution in [0, 0.1) is 5.92 Å². The van der Waals surface area contributed by atoms with Crippen molar-refractivity contribution in [3.8, 4) is 0 Å². The van der Waals surface area contributed by atoms with Crippen LogP contribution in [0.2, 0.25) is 0 Å². The van der Waals surface area contributed by atoms with Gasteiger partial charge in [0.25, 0.3) is 0 Å². The lowest BCUT2D eigenvalue weighted by Gasteiger charge is -2.08. The number of hydrogen-bond acceptors (Lipinski definition) is 2. The van der Waals surface area contributed by atoms with E-state index >= 15 is 0 Å². The number of rotatable bonds is 9. The van der Waals surface area contributed by atoms with E-state index in [1.165, 1.54) is 0 Å². The Labute approximate surface area is 122 Å². The zero-order chi connectivity index (χ0) is 15.5. The third-order valence-electron chi connectivity index (χ3n) is 3.07. The van der Waals surface area contributed by atoms with Crippen molar-refractivity contribution in [1.29, 1.82) is 0 Å². The molecule has 3 nitrogen and oxygen atoms in total. The van der Waals surface area contributed by atoms with Gasteiger partial charge in [-0.15, -0.1) is 0 Å². The van der Waals surface area contributed by atoms with Crippen LogP contribution in [0.15, 0.2) is 36.1 Å². The van der Waals surface area contributed by atoms with E-state index in [0.717, 1.165) is 18.4 Å². The quantitative estimate of drug-likeness (QED) is 0.649. The summed E-state index contributed by atoms with van der Waals surface area (Å²) in [7, 11) is 0. The maximum absolute atomic E-state index is 11.6. The summed E-state index contributed by atoms with van der Waals surface area (Å²) in [5.41, 5.74) is 1.81. The second-order valence-electron chi connectivity index (χ2n) is 5.04. The summed E-state index contributed by atoms with van der Waals surface area (Å²) in [6, 6.07) is 0. The molecule has 0 aliphatic rings. The van der Waals surface area contributed by atoms with Crippen molar-refractivity contribution in [2.45, 2.75) is 53.4 Å². The Morgan fingerprint density at radius 2 is 1.90 bits per heavy atom. The molecular weight excluding hydrogens is 250 g/mol. The summed E-state index contributed by atoms with van der Waals surface area (Å²) in [5, 5.41) is 2.79. The monoisotopic (exact) mass is 277 g/mol. The minimum atomic E-state index is -0.0263. The first-order chi connectivity index (χ1) is 9.44. The molecule has 0 atom stereocenters. The van der Waals surface area contributed by atoms with E-state index < -0.39 is 0 Å². The summed E-state index contributed by atoms with van der Waals surface area (Å²) < 4.78 is 0. The molecule has 0 spiro atoms. The minimum Gasteiger partial charge on any atom is -0.326 e. The predicted octanol–water partition coefficient (Wildman–Crippen LogP) is 3.92. The number of nitrogens with one attached hydrogen (secondary N) is 1. The highest BCUT2D eigenvalue weighted by Crippen LogP contribution is 2.13. The number of ketones is 1. The van der Waals surface area contributed by atoms with E-state index in [0.29, 0.717) is 24.3 Å². The smallest absolute Gasteiger partial charge is 0.224 e. The van der Waals surface area contributed by atoms with E-state index in [1.807, 2.05) is 39.8 Å². The highest BCUT2D eigenvalue weighted by Gasteiger charge is 2.07. The first-order valence-electron chi connectivity index (χ1n) is 7.26. The molecule has 0 aliphatic heterocycles. The molecule has 1 amide bonds. The maximum atomic E-state index is 11.6. The number of carbonyl (C=O) groups excluding carboxylic acids is 2. The summed E-state index contributed by atoms with van der Waals surface area (Å²) in [6.07, 6.45) is 8.26. The van der Waals surface area contributed by atoms with Crippen LogP contribution in [0.1, 0.15) is 53.4 Å². The molecule has 3 heteroatoms. The van der Waals surface area contributed by atoms with Crippen molar-refractivity contribution in [2.24, 2.45) is 5.92 Å². The van der Waals surface area contributed by atoms with Crippen molar-refractivity contribution in [3.63, 3.8) is 0 Å². The molecule has 1 N–H and O–H groups in total. The third kappa shape index (κ3) is 7.72. The van der Waals surface area contributed by atoms with Crippen molar-refractivity contribution in [1.82, 2.24) is 5.32 Å². The van der Waals surface area contributed by atoms with Gasteiger partial charge in [0.2, 0.25) is 5.91 Å². The Balaban J connectivity index is 4.49. The SMILES string of the molecule is C=C/C(=C\C(=C/C)CCCC(=O)C(C)C)NC(=O)CC. The van der Waals surface area contributed by atoms with Gasteiger partial charge in [0.05, 0.1) is 0 Å². The van der Waals surface area contributed by atoms with Gasteiger partial charge in [-0.05, 0) is 31.9 Å². The molecule has 0 saturated carbocycles. The van der Waals surface area contributed by atoms with Crippen LogP contribution in [-0.2, 0) is 9.59 Å². The molecule has 20 heavy (non-hydrogen) atoms. The first kappa shape index (κ1) is 18.4. The summed E-state index contributed by atoms with van der Waals surface area (Å²) in [4.78, 5) is 22.9. The van der Waals surface area contributed by atoms with Crippen LogP contribution in [0.4, 0.5) is 0 Å². The van der Waals surface area contributed by atoms with Crippen LogP contribution in [0.5, 0.6) is 0 Å². The van der Waals surface area contributed by atoms with Crippen molar-refractivity contribution >= 4 is 11.7 Å². The summed E-state index contributed by atoms with van der Waals surface area (Å²) >= 11 is 0. The van der Waals surface area contributed by atoms with E-state index in [4.69, 9.17) is 0 Å². The highest BCUT2D eigenvalue weighted by atomic mass is 16.1. The molecule has 0 unspecified atom stereocenters. The van der Waals surface area contributed by atoms with Crippen molar-refractivity contribution in [3.05, 3.63) is 36.1 Å². The van der Waals surface area contributed by atoms with Gasteiger partial charge in [-0.1, -0.05) is 39.0 Å². The molecule has 0 radical (unpaired) electrons. The molecule has 0 heterocycles. The Morgan fingerprint density at radius 3 is 2.35 bits per heavy atom. The highest BCUT2D eigenvalue weighted by molar-refractivity contribution is 5.80. The second kappa shape index (κ2) is 10.2. The predicted molar refractivity (Wildman–Crippen MR) is 84.2 cm³/mol. The lowest BCUT2D eigenvalue weighted by molar-refractivity contribution is -0.122. The largest absolute Gasteiger partial charge is 0.326 e. The zero-order valence-corrected chi connectivity index (χ0v) is 13.2. The topological polar surface area (TPSA) is 46.2 Å². The molecule has 0 aliphatic carbocycles. The van der Waals surface area contributed by atoms with Crippen molar-refractivity contribution < 1.29 is 9.59 Å². The van der Waals surface area contributed by atoms with Gasteiger partial charge in [0.1, 0.15) is 5.78 Å². The second-order valence-corrected chi connectivity index (χ2v) is 5.04. The summed E-state index contributed by atoms with van der Waals surface area (Å²) in [5.74, 6) is 0.376. The fourth-order valence-corrected chi connectivity index (χ4v) is 1.65. The maximum Gasteiger partial charge on any atom is 0.224 e. The molecule has 0 fully saturated rings. The van der Waals surface area contributed by atoms with Gasteiger partial charge in [-0.3, -0.25) is 9.59 Å². The van der Waals surface area contributed by atoms with Gasteiger partial charge < -0.3 is 5.32 Å². The molecule has 0 aromatic heterocycles. The number of amides is 1. The minimum absolute atomic E-state index is 0.0263. The van der Waals surface area contributed by atoms with Gasteiger partial charge >= 0.3 is 0 Å². The normalized spacial score (nSPS) is 12.4. The van der Waals surface area contributed by atoms with E-state index in [2.05, 4.69) is 11.9 Å². The van der Waals surface area contributed by atoms with Crippen LogP contribution in [0.3, 0.4) is 0 Å². The molecule has 0 bridgehead atoms. The van der Waals surface area contributed by atoms with Crippen LogP contribution in [-0.4, -0.2) is 11.7 Å². The number of hydrogen-bond donors (Lipinski definition) is 1. The van der Waals surface area contributed by atoms with E-state index in [1.54, 1.807) is 6.08 Å². The lowest BCUT2D eigenvalue weighted by atomic mass is 10.0. The molecule has 0 rings (SSSR count). The van der Waals surface area contributed by atoms with Gasteiger partial charge in [-0.25, -0.2) is 0 Å². The Hall–Kier alpha value is -1.64. The van der Waals surface area contributed by atoms with E-state index in [9.17, 15) is 9.59 Å². The zero-order valence-electron chi connectivity index (χ0n) is 13.2. The molecule has 0 aromatic rings. The average molecular weight is 277 g/mol. The molecule has 112 valence electrons. The fraction of sp³-hybridized carbons (Fsp3) is 0.529. The molecule has 0 saturated heterocycles. The summed E-state index contributed by atoms with van der Waals surface area (Å²) in [6.45, 7) is 11.3. The van der Waals surface area contributed by atoms with Crippen LogP contribution in [0.25, 0.3) is 0 Å². The average Bonchev–Trinajstić information content (AvgIpc) is 2.44. The van der Waals surface area contributed by atoms with Crippen LogP contribution >= 0.6 is 0 Å². The van der Waals surface area contributed by atoms with Gasteiger partial charge in [0.15, 0.2) is 0 Å². The van der Waals surface area contributed by atoms with Gasteiger partial charge in [-0.2, -0.15) is 0 Å². The molecule has 0 aromatic carbocycles. The first-order valence-corrected chi connectivity index (χ1v) is 7.26. The standard InChI is InChI=1S/C17H27NO2/c1-6-14(10-9-11-16(19)13(4)5)12-15(7-2)18-17(20)8-3/h6-7,12-13H,2,8-11H2,1,3-5H3,(H,18,20)/b14-6-,15-12+. The third-order valence-corrected chi connectivity index (χ3v) is 3.07. The van der Waals surface area contributed by atoms with Crippen LogP contribution < -0.4 is 5.32 Å². The van der Waals surface area contributed by atoms with Crippen molar-refractivity contribution in [2.75, 3.05) is 0 Å². The number of allylic oxidation sites excluding steroid dienone is 4. The lowest BCUT2D eigenvalue weighted by Crippen LogP contribution is -2.20. The number of Topliss-reactive ketones (excluding diaryl/α,β-unsaturated/α-hetero) is 1.